The monoisotopic (exact) mass is 572 g/mol. The molecule has 3 rings (SSSR count). The molecule has 10 heteroatoms. The fourth-order valence-electron chi connectivity index (χ4n) is 4.17. The molecule has 0 saturated heterocycles. The van der Waals surface area contributed by atoms with Crippen LogP contribution in [-0.2, 0) is 41.5 Å². The minimum Gasteiger partial charge on any atom is -0.462 e. The zero-order valence-corrected chi connectivity index (χ0v) is 22.6. The number of ether oxygens (including phenoxy) is 4. The predicted molar refractivity (Wildman–Crippen MR) is 144 cm³/mol. The first-order valence-electron chi connectivity index (χ1n) is 12.8. The average molecular weight is 573 g/mol. The first kappa shape index (κ1) is 30.6. The number of hydrogen-bond donors (Lipinski definition) is 0. The first-order valence-corrected chi connectivity index (χ1v) is 13.2. The van der Waals surface area contributed by atoms with Gasteiger partial charge in [0.05, 0.1) is 30.1 Å². The minimum absolute atomic E-state index is 0.0711. The number of carbonyl (C=O) groups excluding carboxylic acids is 4. The van der Waals surface area contributed by atoms with E-state index in [4.69, 9.17) is 30.5 Å². The Morgan fingerprint density at radius 2 is 1.23 bits per heavy atom. The quantitative estimate of drug-likeness (QED) is 0.191. The smallest absolute Gasteiger partial charge is 0.330 e. The molecular formula is C30H30ClFO8. The number of hydrogen-bond acceptors (Lipinski definition) is 8. The predicted octanol–water partition coefficient (Wildman–Crippen LogP) is 5.34. The summed E-state index contributed by atoms with van der Waals surface area (Å²) in [7, 11) is 0. The van der Waals surface area contributed by atoms with Crippen LogP contribution in [0.15, 0.2) is 61.7 Å². The number of carbonyl (C=O) groups is 4. The van der Waals surface area contributed by atoms with Crippen molar-refractivity contribution >= 4 is 35.5 Å². The zero-order valence-electron chi connectivity index (χ0n) is 21.9. The largest absolute Gasteiger partial charge is 0.462 e. The van der Waals surface area contributed by atoms with Crippen molar-refractivity contribution in [3.05, 3.63) is 83.7 Å². The molecule has 2 aromatic carbocycles. The molecule has 0 bridgehead atoms. The Morgan fingerprint density at radius 1 is 0.775 bits per heavy atom. The van der Waals surface area contributed by atoms with Crippen LogP contribution < -0.4 is 9.47 Å². The summed E-state index contributed by atoms with van der Waals surface area (Å²) in [6, 6.07) is 9.14. The van der Waals surface area contributed by atoms with Gasteiger partial charge in [-0.2, -0.15) is 0 Å². The van der Waals surface area contributed by atoms with Crippen LogP contribution in [0.5, 0.6) is 11.5 Å². The lowest BCUT2D eigenvalue weighted by Gasteiger charge is -2.26. The van der Waals surface area contributed by atoms with Gasteiger partial charge in [-0.1, -0.05) is 36.9 Å². The second kappa shape index (κ2) is 15.0. The molecule has 0 atom stereocenters. The summed E-state index contributed by atoms with van der Waals surface area (Å²) in [6.07, 6.45) is 4.47. The zero-order chi connectivity index (χ0) is 29.1. The van der Waals surface area contributed by atoms with Crippen LogP contribution >= 0.6 is 11.6 Å². The van der Waals surface area contributed by atoms with Gasteiger partial charge in [0.25, 0.3) is 0 Å². The molecular weight excluding hydrogens is 543 g/mol. The van der Waals surface area contributed by atoms with E-state index < -0.39 is 41.5 Å². The molecule has 0 unspecified atom stereocenters. The molecule has 1 fully saturated rings. The number of halogens is 2. The topological polar surface area (TPSA) is 105 Å². The number of rotatable bonds is 12. The van der Waals surface area contributed by atoms with Crippen molar-refractivity contribution in [1.82, 2.24) is 0 Å². The summed E-state index contributed by atoms with van der Waals surface area (Å²) in [5.41, 5.74) is 1.39. The van der Waals surface area contributed by atoms with E-state index in [1.54, 1.807) is 24.3 Å². The van der Waals surface area contributed by atoms with Crippen molar-refractivity contribution in [2.24, 2.45) is 11.8 Å². The molecule has 2 aromatic rings. The molecule has 8 nitrogen and oxygen atoms in total. The Bertz CT molecular complexity index is 1170. The molecule has 0 spiro atoms. The maximum atomic E-state index is 14.5. The van der Waals surface area contributed by atoms with Crippen LogP contribution in [0.25, 0.3) is 0 Å². The third-order valence-corrected chi connectivity index (χ3v) is 6.71. The van der Waals surface area contributed by atoms with E-state index in [0.29, 0.717) is 44.1 Å². The van der Waals surface area contributed by atoms with E-state index in [1.807, 2.05) is 0 Å². The van der Waals surface area contributed by atoms with Crippen LogP contribution in [0.4, 0.5) is 4.39 Å². The van der Waals surface area contributed by atoms with Crippen LogP contribution in [0.2, 0.25) is 5.02 Å². The van der Waals surface area contributed by atoms with E-state index in [-0.39, 0.29) is 29.7 Å². The maximum absolute atomic E-state index is 14.5. The first-order chi connectivity index (χ1) is 19.2. The summed E-state index contributed by atoms with van der Waals surface area (Å²) in [5, 5.41) is 0.254. The molecule has 0 heterocycles. The normalized spacial score (nSPS) is 16.4. The number of benzene rings is 2. The molecule has 0 aliphatic heterocycles. The average Bonchev–Trinajstić information content (AvgIpc) is 2.95. The summed E-state index contributed by atoms with van der Waals surface area (Å²) >= 11 is 6.27. The fourth-order valence-corrected chi connectivity index (χ4v) is 4.41. The van der Waals surface area contributed by atoms with E-state index in [0.717, 1.165) is 17.7 Å². The highest BCUT2D eigenvalue weighted by atomic mass is 35.5. The van der Waals surface area contributed by atoms with Gasteiger partial charge in [0, 0.05) is 25.0 Å². The van der Waals surface area contributed by atoms with Crippen molar-refractivity contribution in [3.63, 3.8) is 0 Å². The van der Waals surface area contributed by atoms with Gasteiger partial charge in [0.2, 0.25) is 0 Å². The van der Waals surface area contributed by atoms with Crippen molar-refractivity contribution in [2.45, 2.75) is 38.5 Å². The van der Waals surface area contributed by atoms with Crippen molar-refractivity contribution in [1.29, 1.82) is 0 Å². The molecule has 0 radical (unpaired) electrons. The molecule has 1 saturated carbocycles. The highest BCUT2D eigenvalue weighted by molar-refractivity contribution is 6.32. The molecule has 0 aromatic heterocycles. The molecule has 1 aliphatic carbocycles. The van der Waals surface area contributed by atoms with Gasteiger partial charge >= 0.3 is 23.9 Å². The van der Waals surface area contributed by atoms with Gasteiger partial charge in [0.1, 0.15) is 5.75 Å². The Balaban J connectivity index is 1.45. The van der Waals surface area contributed by atoms with Crippen molar-refractivity contribution < 1.29 is 42.5 Å². The highest BCUT2D eigenvalue weighted by Crippen LogP contribution is 2.33. The van der Waals surface area contributed by atoms with Crippen molar-refractivity contribution in [3.8, 4) is 11.5 Å². The second-order valence-corrected chi connectivity index (χ2v) is 9.57. The minimum atomic E-state index is -0.696. The summed E-state index contributed by atoms with van der Waals surface area (Å²) in [5.74, 6) is -3.62. The molecule has 0 amide bonds. The van der Waals surface area contributed by atoms with Gasteiger partial charge < -0.3 is 18.9 Å². The van der Waals surface area contributed by atoms with Crippen LogP contribution in [0.1, 0.15) is 36.8 Å². The molecule has 1 aliphatic rings. The SMILES string of the molecule is C=CC(=O)OCCc1ccc(OC(=O)C2CCC(C(=O)Oc3ccc(CCOC(=O)C=C)cc3Cl)CC2)c(F)c1. The lowest BCUT2D eigenvalue weighted by molar-refractivity contribution is -0.145. The van der Waals surface area contributed by atoms with E-state index in [9.17, 15) is 23.6 Å². The van der Waals surface area contributed by atoms with E-state index in [2.05, 4.69) is 13.2 Å². The molecule has 212 valence electrons. The molecule has 0 N–H and O–H groups in total. The van der Waals surface area contributed by atoms with E-state index >= 15 is 0 Å². The fraction of sp³-hybridized carbons (Fsp3) is 0.333. The third kappa shape index (κ3) is 9.05. The Kier molecular flexibility index (Phi) is 11.4. The van der Waals surface area contributed by atoms with Gasteiger partial charge in [-0.05, 0) is 61.1 Å². The third-order valence-electron chi connectivity index (χ3n) is 6.41. The Morgan fingerprint density at radius 3 is 1.68 bits per heavy atom. The second-order valence-electron chi connectivity index (χ2n) is 9.16. The summed E-state index contributed by atoms with van der Waals surface area (Å²) < 4.78 is 35.1. The van der Waals surface area contributed by atoms with Crippen LogP contribution in [0.3, 0.4) is 0 Å². The number of esters is 4. The molecule has 40 heavy (non-hydrogen) atoms. The van der Waals surface area contributed by atoms with Gasteiger partial charge in [-0.3, -0.25) is 9.59 Å². The van der Waals surface area contributed by atoms with Gasteiger partial charge in [-0.25, -0.2) is 14.0 Å². The lowest BCUT2D eigenvalue weighted by atomic mass is 9.82. The summed E-state index contributed by atoms with van der Waals surface area (Å²) in [4.78, 5) is 47.6. The Labute approximate surface area is 236 Å². The van der Waals surface area contributed by atoms with Crippen LogP contribution in [-0.4, -0.2) is 37.1 Å². The van der Waals surface area contributed by atoms with Crippen molar-refractivity contribution in [2.75, 3.05) is 13.2 Å². The highest BCUT2D eigenvalue weighted by Gasteiger charge is 2.32. The van der Waals surface area contributed by atoms with Crippen LogP contribution in [0, 0.1) is 17.7 Å². The maximum Gasteiger partial charge on any atom is 0.330 e. The summed E-state index contributed by atoms with van der Waals surface area (Å²) in [6.45, 7) is 6.87. The standard InChI is InChI=1S/C30H30ClFO8/c1-3-27(33)37-15-13-19-5-11-25(23(31)17-19)39-29(35)21-7-9-22(10-8-21)30(36)40-26-12-6-20(18-24(26)32)14-16-38-28(34)4-2/h3-6,11-12,17-18,21-22H,1-2,7-10,13-16H2. The lowest BCUT2D eigenvalue weighted by Crippen LogP contribution is -2.30. The van der Waals surface area contributed by atoms with Gasteiger partial charge in [-0.15, -0.1) is 0 Å². The Hall–Kier alpha value is -3.98. The van der Waals surface area contributed by atoms with E-state index in [1.165, 1.54) is 12.1 Å². The van der Waals surface area contributed by atoms with Gasteiger partial charge in [0.15, 0.2) is 11.6 Å².